The first-order valence-electron chi connectivity index (χ1n) is 8.26. The van der Waals surface area contributed by atoms with Crippen molar-refractivity contribution < 1.29 is 4.74 Å². The Kier molecular flexibility index (Phi) is 6.91. The summed E-state index contributed by atoms with van der Waals surface area (Å²) in [6.45, 7) is 7.35. The molecule has 0 aromatic heterocycles. The smallest absolute Gasteiger partial charge is 0.119 e. The van der Waals surface area contributed by atoms with Crippen LogP contribution >= 0.6 is 11.8 Å². The molecule has 1 fully saturated rings. The van der Waals surface area contributed by atoms with Gasteiger partial charge in [-0.3, -0.25) is 0 Å². The van der Waals surface area contributed by atoms with Gasteiger partial charge in [-0.1, -0.05) is 19.1 Å². The van der Waals surface area contributed by atoms with Crippen LogP contribution in [0.15, 0.2) is 24.3 Å². The normalized spacial score (nSPS) is 17.9. The molecule has 1 aromatic rings. The fourth-order valence-corrected chi connectivity index (χ4v) is 4.15. The highest BCUT2D eigenvalue weighted by molar-refractivity contribution is 7.99. The first-order valence-corrected chi connectivity index (χ1v) is 9.42. The van der Waals surface area contributed by atoms with Gasteiger partial charge in [0, 0.05) is 6.04 Å². The van der Waals surface area contributed by atoms with Gasteiger partial charge < -0.3 is 10.1 Å². The number of hydrogen-bond acceptors (Lipinski definition) is 3. The predicted octanol–water partition coefficient (Wildman–Crippen LogP) is 4.66. The zero-order valence-electron chi connectivity index (χ0n) is 13.6. The third-order valence-corrected chi connectivity index (χ3v) is 5.06. The molecule has 2 nitrogen and oxygen atoms in total. The highest BCUT2D eigenvalue weighted by Crippen LogP contribution is 2.31. The second-order valence-corrected chi connectivity index (χ2v) is 7.36. The average molecular weight is 308 g/mol. The summed E-state index contributed by atoms with van der Waals surface area (Å²) < 4.78 is 5.74. The molecule has 1 unspecified atom stereocenters. The van der Waals surface area contributed by atoms with Crippen molar-refractivity contribution in [3.05, 3.63) is 29.8 Å². The van der Waals surface area contributed by atoms with Gasteiger partial charge in [-0.15, -0.1) is 0 Å². The zero-order chi connectivity index (χ0) is 15.1. The molecule has 1 saturated heterocycles. The second kappa shape index (κ2) is 8.70. The Balaban J connectivity index is 1.99. The predicted molar refractivity (Wildman–Crippen MR) is 93.3 cm³/mol. The first kappa shape index (κ1) is 16.7. The van der Waals surface area contributed by atoms with Crippen molar-refractivity contribution in [2.75, 3.05) is 18.1 Å². The van der Waals surface area contributed by atoms with Crippen LogP contribution in [0.3, 0.4) is 0 Å². The Morgan fingerprint density at radius 1 is 1.19 bits per heavy atom. The molecule has 0 bridgehead atoms. The molecule has 1 heterocycles. The topological polar surface area (TPSA) is 21.3 Å². The number of hydrogen-bond donors (Lipinski definition) is 1. The van der Waals surface area contributed by atoms with Crippen LogP contribution in [0.2, 0.25) is 0 Å². The van der Waals surface area contributed by atoms with E-state index in [4.69, 9.17) is 4.74 Å². The summed E-state index contributed by atoms with van der Waals surface area (Å²) in [5.74, 6) is 4.52. The summed E-state index contributed by atoms with van der Waals surface area (Å²) in [6, 6.07) is 9.15. The monoisotopic (exact) mass is 307 g/mol. The van der Waals surface area contributed by atoms with E-state index in [2.05, 4.69) is 62.1 Å². The lowest BCUT2D eigenvalue weighted by molar-refractivity contribution is 0.242. The highest BCUT2D eigenvalue weighted by Gasteiger charge is 2.20. The minimum Gasteiger partial charge on any atom is -0.491 e. The molecule has 1 aliphatic rings. The van der Waals surface area contributed by atoms with E-state index in [9.17, 15) is 0 Å². The molecule has 0 saturated carbocycles. The molecular weight excluding hydrogens is 278 g/mol. The first-order chi connectivity index (χ1) is 10.2. The van der Waals surface area contributed by atoms with Crippen LogP contribution in [0.4, 0.5) is 0 Å². The van der Waals surface area contributed by atoms with Crippen molar-refractivity contribution in [1.82, 2.24) is 5.32 Å². The molecule has 0 spiro atoms. The maximum atomic E-state index is 5.74. The van der Waals surface area contributed by atoms with Crippen molar-refractivity contribution in [2.45, 2.75) is 52.2 Å². The highest BCUT2D eigenvalue weighted by atomic mass is 32.2. The third kappa shape index (κ3) is 5.55. The van der Waals surface area contributed by atoms with Gasteiger partial charge in [-0.25, -0.2) is 0 Å². The van der Waals surface area contributed by atoms with E-state index >= 15 is 0 Å². The van der Waals surface area contributed by atoms with E-state index in [1.165, 1.54) is 36.3 Å². The Hall–Kier alpha value is -0.670. The Labute approximate surface area is 134 Å². The average Bonchev–Trinajstić information content (AvgIpc) is 2.48. The maximum absolute atomic E-state index is 5.74. The fraction of sp³-hybridized carbons (Fsp3) is 0.667. The van der Waals surface area contributed by atoms with Crippen molar-refractivity contribution in [3.8, 4) is 5.75 Å². The minimum absolute atomic E-state index is 0.236. The van der Waals surface area contributed by atoms with Crippen molar-refractivity contribution in [2.24, 2.45) is 5.92 Å². The zero-order valence-corrected chi connectivity index (χ0v) is 14.4. The van der Waals surface area contributed by atoms with E-state index in [1.54, 1.807) is 0 Å². The molecule has 1 aromatic carbocycles. The van der Waals surface area contributed by atoms with E-state index < -0.39 is 0 Å². The van der Waals surface area contributed by atoms with E-state index in [0.717, 1.165) is 18.2 Å². The summed E-state index contributed by atoms with van der Waals surface area (Å²) in [4.78, 5) is 0. The Bertz CT molecular complexity index is 398. The van der Waals surface area contributed by atoms with Crippen LogP contribution in [0, 0.1) is 5.92 Å². The molecule has 21 heavy (non-hydrogen) atoms. The molecule has 0 amide bonds. The molecule has 3 heteroatoms. The van der Waals surface area contributed by atoms with Crippen LogP contribution < -0.4 is 10.1 Å². The van der Waals surface area contributed by atoms with Crippen molar-refractivity contribution in [3.63, 3.8) is 0 Å². The largest absolute Gasteiger partial charge is 0.491 e. The lowest BCUT2D eigenvalue weighted by Crippen LogP contribution is -2.25. The number of ether oxygens (including phenoxy) is 1. The maximum Gasteiger partial charge on any atom is 0.119 e. The molecule has 1 N–H and O–H groups in total. The quantitative estimate of drug-likeness (QED) is 0.792. The molecule has 1 atom stereocenters. The summed E-state index contributed by atoms with van der Waals surface area (Å²) in [6.07, 6.45) is 4.25. The number of rotatable bonds is 7. The lowest BCUT2D eigenvalue weighted by atomic mass is 9.90. The van der Waals surface area contributed by atoms with Crippen LogP contribution in [0.1, 0.15) is 51.6 Å². The van der Waals surface area contributed by atoms with Crippen LogP contribution in [0.25, 0.3) is 0 Å². The summed E-state index contributed by atoms with van der Waals surface area (Å²) in [5, 5.41) is 3.66. The molecule has 0 aliphatic carbocycles. The third-order valence-electron chi connectivity index (χ3n) is 4.01. The second-order valence-electron chi connectivity index (χ2n) is 6.14. The fourth-order valence-electron chi connectivity index (χ4n) is 2.95. The van der Waals surface area contributed by atoms with Gasteiger partial charge in [0.25, 0.3) is 0 Å². The molecule has 2 rings (SSSR count). The minimum atomic E-state index is 0.236. The lowest BCUT2D eigenvalue weighted by Gasteiger charge is -2.27. The van der Waals surface area contributed by atoms with Gasteiger partial charge in [0.15, 0.2) is 0 Å². The van der Waals surface area contributed by atoms with Gasteiger partial charge in [-0.2, -0.15) is 11.8 Å². The van der Waals surface area contributed by atoms with Crippen LogP contribution in [-0.2, 0) is 0 Å². The van der Waals surface area contributed by atoms with Crippen molar-refractivity contribution >= 4 is 11.8 Å². The van der Waals surface area contributed by atoms with Gasteiger partial charge in [0.05, 0.1) is 6.10 Å². The van der Waals surface area contributed by atoms with E-state index in [1.807, 2.05) is 0 Å². The summed E-state index contributed by atoms with van der Waals surface area (Å²) in [7, 11) is 0. The van der Waals surface area contributed by atoms with Crippen molar-refractivity contribution in [1.29, 1.82) is 0 Å². The van der Waals surface area contributed by atoms with Crippen LogP contribution in [-0.4, -0.2) is 24.2 Å². The van der Waals surface area contributed by atoms with E-state index in [0.29, 0.717) is 6.04 Å². The van der Waals surface area contributed by atoms with E-state index in [-0.39, 0.29) is 6.10 Å². The Morgan fingerprint density at radius 3 is 2.43 bits per heavy atom. The molecule has 0 radical (unpaired) electrons. The number of nitrogens with one attached hydrogen (secondary N) is 1. The van der Waals surface area contributed by atoms with Gasteiger partial charge in [0.1, 0.15) is 5.75 Å². The Morgan fingerprint density at radius 2 is 1.86 bits per heavy atom. The van der Waals surface area contributed by atoms with Gasteiger partial charge in [-0.05, 0) is 74.8 Å². The van der Waals surface area contributed by atoms with Crippen LogP contribution in [0.5, 0.6) is 5.75 Å². The molecule has 118 valence electrons. The standard InChI is InChI=1S/C18H29NOS/c1-4-19-18(13-15-9-11-21-12-10-15)16-5-7-17(8-6-16)20-14(2)3/h5-8,14-15,18-19H,4,9-13H2,1-3H3. The summed E-state index contributed by atoms with van der Waals surface area (Å²) in [5.41, 5.74) is 1.39. The SMILES string of the molecule is CCNC(CC1CCSCC1)c1ccc(OC(C)C)cc1. The van der Waals surface area contributed by atoms with Gasteiger partial charge in [0.2, 0.25) is 0 Å². The number of benzene rings is 1. The summed E-state index contributed by atoms with van der Waals surface area (Å²) >= 11 is 2.11. The molecular formula is C18H29NOS. The number of thioether (sulfide) groups is 1. The molecule has 1 aliphatic heterocycles. The van der Waals surface area contributed by atoms with Gasteiger partial charge >= 0.3 is 0 Å².